The molecule has 2 N–H and O–H groups in total. The van der Waals surface area contributed by atoms with Gasteiger partial charge in [-0.3, -0.25) is 4.79 Å². The fourth-order valence-electron chi connectivity index (χ4n) is 2.20. The Hall–Kier alpha value is -0.820. The summed E-state index contributed by atoms with van der Waals surface area (Å²) in [5, 5.41) is 0. The molecule has 0 aromatic carbocycles. The monoisotopic (exact) mass is 268 g/mol. The lowest BCUT2D eigenvalue weighted by Gasteiger charge is -2.34. The van der Waals surface area contributed by atoms with Gasteiger partial charge in [-0.15, -0.1) is 0 Å². The molecule has 0 bridgehead atoms. The first kappa shape index (κ1) is 15.2. The molecule has 0 saturated carbocycles. The fourth-order valence-corrected chi connectivity index (χ4v) is 2.20. The molecule has 0 aromatic rings. The summed E-state index contributed by atoms with van der Waals surface area (Å²) in [4.78, 5) is 13.0. The summed E-state index contributed by atoms with van der Waals surface area (Å²) in [5.74, 6) is -2.21. The van der Waals surface area contributed by atoms with Gasteiger partial charge in [-0.1, -0.05) is 0 Å². The number of ether oxygens (including phenoxy) is 1. The number of likely N-dealkylation sites (tertiary alicyclic amines) is 1. The van der Waals surface area contributed by atoms with Gasteiger partial charge in [0.2, 0.25) is 0 Å². The number of piperidine rings is 1. The summed E-state index contributed by atoms with van der Waals surface area (Å²) in [6.45, 7) is 0.315. The summed E-state index contributed by atoms with van der Waals surface area (Å²) in [6, 6.07) is 0. The molecule has 0 aromatic heterocycles. The van der Waals surface area contributed by atoms with E-state index in [1.807, 2.05) is 0 Å². The molecular formula is C11H19F3N2O2. The van der Waals surface area contributed by atoms with E-state index in [1.54, 1.807) is 4.90 Å². The number of halogens is 3. The van der Waals surface area contributed by atoms with E-state index in [1.165, 1.54) is 7.11 Å². The van der Waals surface area contributed by atoms with Crippen LogP contribution in [0.4, 0.5) is 13.2 Å². The van der Waals surface area contributed by atoms with Crippen molar-refractivity contribution in [3.05, 3.63) is 0 Å². The molecule has 0 spiro atoms. The third-order valence-corrected chi connectivity index (χ3v) is 3.27. The van der Waals surface area contributed by atoms with Crippen molar-refractivity contribution in [1.29, 1.82) is 0 Å². The second-order valence-electron chi connectivity index (χ2n) is 4.60. The van der Waals surface area contributed by atoms with Crippen LogP contribution in [0.15, 0.2) is 0 Å². The molecule has 7 heteroatoms. The number of hydrogen-bond acceptors (Lipinski definition) is 4. The summed E-state index contributed by atoms with van der Waals surface area (Å²) >= 11 is 0. The number of methoxy groups -OCH3 is 1. The first-order valence-corrected chi connectivity index (χ1v) is 5.95. The summed E-state index contributed by atoms with van der Waals surface area (Å²) < 4.78 is 42.4. The van der Waals surface area contributed by atoms with Gasteiger partial charge in [0, 0.05) is 19.6 Å². The van der Waals surface area contributed by atoms with Gasteiger partial charge in [0.25, 0.3) is 0 Å². The second-order valence-corrected chi connectivity index (χ2v) is 4.60. The van der Waals surface area contributed by atoms with Crippen LogP contribution in [0.3, 0.4) is 0 Å². The summed E-state index contributed by atoms with van der Waals surface area (Å²) in [6.07, 6.45) is -2.91. The first-order valence-electron chi connectivity index (χ1n) is 5.95. The average Bonchev–Trinajstić information content (AvgIpc) is 2.33. The van der Waals surface area contributed by atoms with Crippen LogP contribution in [-0.2, 0) is 9.53 Å². The number of carbonyl (C=O) groups is 1. The van der Waals surface area contributed by atoms with E-state index < -0.39 is 18.6 Å². The number of alkyl halides is 3. The van der Waals surface area contributed by atoms with Crippen LogP contribution in [-0.4, -0.2) is 50.3 Å². The van der Waals surface area contributed by atoms with Crippen molar-refractivity contribution >= 4 is 5.97 Å². The minimum absolute atomic E-state index is 0.145. The molecule has 0 amide bonds. The van der Waals surface area contributed by atoms with Crippen molar-refractivity contribution in [2.24, 2.45) is 17.6 Å². The summed E-state index contributed by atoms with van der Waals surface area (Å²) in [7, 11) is 1.29. The second kappa shape index (κ2) is 6.38. The predicted octanol–water partition coefficient (Wildman–Crippen LogP) is 1.01. The molecule has 0 radical (unpaired) electrons. The Balaban J connectivity index is 2.54. The molecule has 4 nitrogen and oxygen atoms in total. The standard InChI is InChI=1S/C11H19F3N2O2/c1-18-10(17)8-3-2-4-16(6-8)7-9(5-15)11(12,13)14/h8-9H,2-7,15H2,1H3. The number of carbonyl (C=O) groups excluding carboxylic acids is 1. The topological polar surface area (TPSA) is 55.6 Å². The van der Waals surface area contributed by atoms with Crippen LogP contribution in [0.25, 0.3) is 0 Å². The lowest BCUT2D eigenvalue weighted by atomic mass is 9.97. The van der Waals surface area contributed by atoms with Crippen LogP contribution < -0.4 is 5.73 Å². The maximum absolute atomic E-state index is 12.6. The molecule has 1 aliphatic rings. The van der Waals surface area contributed by atoms with E-state index in [-0.39, 0.29) is 18.4 Å². The van der Waals surface area contributed by atoms with Gasteiger partial charge in [0.15, 0.2) is 0 Å². The Bertz CT molecular complexity index is 284. The molecule has 1 heterocycles. The van der Waals surface area contributed by atoms with Crippen molar-refractivity contribution in [2.75, 3.05) is 33.3 Å². The van der Waals surface area contributed by atoms with Crippen LogP contribution >= 0.6 is 0 Å². The van der Waals surface area contributed by atoms with E-state index in [0.29, 0.717) is 25.9 Å². The maximum atomic E-state index is 12.6. The van der Waals surface area contributed by atoms with E-state index in [4.69, 9.17) is 5.73 Å². The van der Waals surface area contributed by atoms with Crippen LogP contribution in [0.2, 0.25) is 0 Å². The average molecular weight is 268 g/mol. The molecule has 1 fully saturated rings. The predicted molar refractivity (Wildman–Crippen MR) is 59.8 cm³/mol. The van der Waals surface area contributed by atoms with Gasteiger partial charge >= 0.3 is 12.1 Å². The SMILES string of the molecule is COC(=O)C1CCCN(CC(CN)C(F)(F)F)C1. The van der Waals surface area contributed by atoms with Gasteiger partial charge in [-0.25, -0.2) is 0 Å². The Morgan fingerprint density at radius 3 is 2.72 bits per heavy atom. The molecule has 106 valence electrons. The number of rotatable bonds is 4. The fraction of sp³-hybridized carbons (Fsp3) is 0.909. The van der Waals surface area contributed by atoms with E-state index in [0.717, 1.165) is 0 Å². The lowest BCUT2D eigenvalue weighted by molar-refractivity contribution is -0.177. The van der Waals surface area contributed by atoms with Gasteiger partial charge in [0.05, 0.1) is 18.9 Å². The van der Waals surface area contributed by atoms with Gasteiger partial charge in [-0.2, -0.15) is 13.2 Å². The zero-order chi connectivity index (χ0) is 13.8. The highest BCUT2D eigenvalue weighted by Crippen LogP contribution is 2.28. The molecular weight excluding hydrogens is 249 g/mol. The van der Waals surface area contributed by atoms with Crippen LogP contribution in [0, 0.1) is 11.8 Å². The molecule has 1 rings (SSSR count). The van der Waals surface area contributed by atoms with E-state index in [2.05, 4.69) is 4.74 Å². The molecule has 18 heavy (non-hydrogen) atoms. The van der Waals surface area contributed by atoms with Crippen LogP contribution in [0.1, 0.15) is 12.8 Å². The Kier molecular flexibility index (Phi) is 5.40. The van der Waals surface area contributed by atoms with E-state index >= 15 is 0 Å². The van der Waals surface area contributed by atoms with Crippen molar-refractivity contribution < 1.29 is 22.7 Å². The minimum Gasteiger partial charge on any atom is -0.469 e. The van der Waals surface area contributed by atoms with Gasteiger partial charge in [-0.05, 0) is 19.4 Å². The highest BCUT2D eigenvalue weighted by molar-refractivity contribution is 5.72. The number of nitrogens with two attached hydrogens (primary N) is 1. The third kappa shape index (κ3) is 4.13. The highest BCUT2D eigenvalue weighted by atomic mass is 19.4. The lowest BCUT2D eigenvalue weighted by Crippen LogP contribution is -2.46. The van der Waals surface area contributed by atoms with Crippen molar-refractivity contribution in [3.63, 3.8) is 0 Å². The van der Waals surface area contributed by atoms with Crippen LogP contribution in [0.5, 0.6) is 0 Å². The zero-order valence-electron chi connectivity index (χ0n) is 10.4. The zero-order valence-corrected chi connectivity index (χ0v) is 10.4. The van der Waals surface area contributed by atoms with E-state index in [9.17, 15) is 18.0 Å². The Morgan fingerprint density at radius 1 is 1.56 bits per heavy atom. The minimum atomic E-state index is -4.28. The smallest absolute Gasteiger partial charge is 0.394 e. The van der Waals surface area contributed by atoms with Gasteiger partial charge < -0.3 is 15.4 Å². The molecule has 1 aliphatic heterocycles. The third-order valence-electron chi connectivity index (χ3n) is 3.27. The largest absolute Gasteiger partial charge is 0.469 e. The molecule has 1 saturated heterocycles. The quantitative estimate of drug-likeness (QED) is 0.773. The number of nitrogens with zero attached hydrogens (tertiary/aromatic N) is 1. The highest BCUT2D eigenvalue weighted by Gasteiger charge is 2.40. The summed E-state index contributed by atoms with van der Waals surface area (Å²) in [5.41, 5.74) is 5.16. The first-order chi connectivity index (χ1) is 8.38. The molecule has 2 atom stereocenters. The number of esters is 1. The maximum Gasteiger partial charge on any atom is 0.394 e. The van der Waals surface area contributed by atoms with Crippen molar-refractivity contribution in [1.82, 2.24) is 4.90 Å². The molecule has 2 unspecified atom stereocenters. The number of hydrogen-bond donors (Lipinski definition) is 1. The van der Waals surface area contributed by atoms with Gasteiger partial charge in [0.1, 0.15) is 0 Å². The normalized spacial score (nSPS) is 23.7. The Morgan fingerprint density at radius 2 is 2.22 bits per heavy atom. The van der Waals surface area contributed by atoms with Crippen molar-refractivity contribution in [2.45, 2.75) is 19.0 Å². The Labute approximate surface area is 104 Å². The molecule has 0 aliphatic carbocycles. The van der Waals surface area contributed by atoms with Crippen molar-refractivity contribution in [3.8, 4) is 0 Å².